The van der Waals surface area contributed by atoms with Crippen LogP contribution in [0.5, 0.6) is 0 Å². The van der Waals surface area contributed by atoms with Gasteiger partial charge in [0.1, 0.15) is 5.78 Å². The number of carbonyl (C=O) groups excluding carboxylic acids is 1. The monoisotopic (exact) mass is 248 g/mol. The lowest BCUT2D eigenvalue weighted by Crippen LogP contribution is -2.40. The minimum atomic E-state index is 0.392. The molecule has 1 nitrogen and oxygen atoms in total. The Balaban J connectivity index is 1.88. The minimum absolute atomic E-state index is 0.392. The molecule has 0 spiro atoms. The van der Waals surface area contributed by atoms with Crippen LogP contribution >= 0.6 is 0 Å². The average molecular weight is 248 g/mol. The summed E-state index contributed by atoms with van der Waals surface area (Å²) < 4.78 is 0. The molecular formula is C17H28O. The van der Waals surface area contributed by atoms with Gasteiger partial charge in [-0.1, -0.05) is 27.7 Å². The van der Waals surface area contributed by atoms with Crippen molar-refractivity contribution in [2.75, 3.05) is 0 Å². The van der Waals surface area contributed by atoms with E-state index in [0.29, 0.717) is 28.4 Å². The number of Topliss-reactive ketones (excluding diaryl/α,β-unsaturated/α-hetero) is 1. The second-order valence-electron chi connectivity index (χ2n) is 8.17. The van der Waals surface area contributed by atoms with Gasteiger partial charge in [-0.05, 0) is 60.7 Å². The fourth-order valence-electron chi connectivity index (χ4n) is 5.52. The predicted molar refractivity (Wildman–Crippen MR) is 74.2 cm³/mol. The van der Waals surface area contributed by atoms with E-state index < -0.39 is 0 Å². The van der Waals surface area contributed by atoms with Gasteiger partial charge in [-0.3, -0.25) is 4.79 Å². The lowest BCUT2D eigenvalue weighted by Gasteiger charge is -2.44. The van der Waals surface area contributed by atoms with Crippen LogP contribution in [0.25, 0.3) is 0 Å². The molecule has 3 aliphatic carbocycles. The maximum atomic E-state index is 12.4. The molecule has 0 aromatic heterocycles. The Hall–Kier alpha value is -0.330. The van der Waals surface area contributed by atoms with Gasteiger partial charge < -0.3 is 0 Å². The van der Waals surface area contributed by atoms with Crippen LogP contribution in [0.3, 0.4) is 0 Å². The molecule has 3 rings (SSSR count). The molecule has 0 aliphatic heterocycles. The van der Waals surface area contributed by atoms with E-state index in [-0.39, 0.29) is 0 Å². The van der Waals surface area contributed by atoms with Crippen molar-refractivity contribution in [3.63, 3.8) is 0 Å². The van der Waals surface area contributed by atoms with E-state index in [1.807, 2.05) is 0 Å². The first kappa shape index (κ1) is 12.7. The second-order valence-corrected chi connectivity index (χ2v) is 8.17. The molecule has 0 amide bonds. The van der Waals surface area contributed by atoms with E-state index in [1.165, 1.54) is 25.7 Å². The van der Waals surface area contributed by atoms with Crippen LogP contribution in [-0.2, 0) is 4.79 Å². The molecule has 3 fully saturated rings. The Labute approximate surface area is 112 Å². The van der Waals surface area contributed by atoms with Crippen molar-refractivity contribution < 1.29 is 4.79 Å². The van der Waals surface area contributed by atoms with Crippen LogP contribution in [0.15, 0.2) is 0 Å². The first-order chi connectivity index (χ1) is 8.36. The average Bonchev–Trinajstić information content (AvgIpc) is 2.64. The molecule has 1 heteroatoms. The maximum Gasteiger partial charge on any atom is 0.136 e. The van der Waals surface area contributed by atoms with Crippen molar-refractivity contribution >= 4 is 5.78 Å². The van der Waals surface area contributed by atoms with Crippen molar-refractivity contribution in [2.24, 2.45) is 34.5 Å². The van der Waals surface area contributed by atoms with Gasteiger partial charge >= 0.3 is 0 Å². The maximum absolute atomic E-state index is 12.4. The molecule has 18 heavy (non-hydrogen) atoms. The summed E-state index contributed by atoms with van der Waals surface area (Å²) in [5.41, 5.74) is 0.883. The fourth-order valence-corrected chi connectivity index (χ4v) is 5.52. The second kappa shape index (κ2) is 3.84. The molecule has 2 unspecified atom stereocenters. The lowest BCUT2D eigenvalue weighted by atomic mass is 9.60. The van der Waals surface area contributed by atoms with Gasteiger partial charge in [-0.15, -0.1) is 0 Å². The molecule has 0 aromatic rings. The van der Waals surface area contributed by atoms with Crippen LogP contribution in [0, 0.1) is 34.5 Å². The highest BCUT2D eigenvalue weighted by Crippen LogP contribution is 2.70. The molecule has 3 aliphatic rings. The van der Waals surface area contributed by atoms with Crippen molar-refractivity contribution in [2.45, 2.75) is 66.2 Å². The number of fused-ring (bicyclic) bond motifs is 2. The number of ketones is 1. The van der Waals surface area contributed by atoms with Gasteiger partial charge in [-0.2, -0.15) is 0 Å². The molecule has 0 heterocycles. The molecule has 0 N–H and O–H groups in total. The molecule has 0 saturated heterocycles. The van der Waals surface area contributed by atoms with Gasteiger partial charge in [0.05, 0.1) is 0 Å². The molecule has 5 atom stereocenters. The summed E-state index contributed by atoms with van der Waals surface area (Å²) in [6, 6.07) is 0. The topological polar surface area (TPSA) is 17.1 Å². The molecular weight excluding hydrogens is 220 g/mol. The smallest absolute Gasteiger partial charge is 0.136 e. The Morgan fingerprint density at radius 3 is 2.39 bits per heavy atom. The van der Waals surface area contributed by atoms with Crippen LogP contribution in [0.2, 0.25) is 0 Å². The Kier molecular flexibility index (Phi) is 2.70. The third-order valence-electron chi connectivity index (χ3n) is 7.30. The van der Waals surface area contributed by atoms with Crippen molar-refractivity contribution in [1.82, 2.24) is 0 Å². The Morgan fingerprint density at radius 2 is 1.83 bits per heavy atom. The van der Waals surface area contributed by atoms with Crippen LogP contribution in [0.4, 0.5) is 0 Å². The third-order valence-corrected chi connectivity index (χ3v) is 7.30. The van der Waals surface area contributed by atoms with Crippen molar-refractivity contribution in [1.29, 1.82) is 0 Å². The summed E-state index contributed by atoms with van der Waals surface area (Å²) in [7, 11) is 0. The van der Waals surface area contributed by atoms with Crippen molar-refractivity contribution in [3.05, 3.63) is 0 Å². The highest BCUT2D eigenvalue weighted by molar-refractivity contribution is 5.82. The zero-order chi connectivity index (χ0) is 13.1. The minimum Gasteiger partial charge on any atom is -0.299 e. The first-order valence-electron chi connectivity index (χ1n) is 7.89. The summed E-state index contributed by atoms with van der Waals surface area (Å²) in [5.74, 6) is 3.29. The van der Waals surface area contributed by atoms with Crippen LogP contribution < -0.4 is 0 Å². The third kappa shape index (κ3) is 1.48. The van der Waals surface area contributed by atoms with Gasteiger partial charge in [0.25, 0.3) is 0 Å². The lowest BCUT2D eigenvalue weighted by molar-refractivity contribution is -0.130. The van der Waals surface area contributed by atoms with Crippen LogP contribution in [-0.4, -0.2) is 5.78 Å². The first-order valence-corrected chi connectivity index (χ1v) is 7.89. The molecule has 3 saturated carbocycles. The molecule has 0 aromatic carbocycles. The van der Waals surface area contributed by atoms with E-state index in [9.17, 15) is 4.79 Å². The Bertz CT molecular complexity index is 370. The summed E-state index contributed by atoms with van der Waals surface area (Å²) in [5, 5.41) is 0. The van der Waals surface area contributed by atoms with Gasteiger partial charge in [0, 0.05) is 12.3 Å². The molecule has 2 bridgehead atoms. The van der Waals surface area contributed by atoms with E-state index in [4.69, 9.17) is 0 Å². The number of hydrogen-bond donors (Lipinski definition) is 0. The zero-order valence-corrected chi connectivity index (χ0v) is 12.5. The van der Waals surface area contributed by atoms with E-state index >= 15 is 0 Å². The molecule has 0 radical (unpaired) electrons. The highest BCUT2D eigenvalue weighted by atomic mass is 16.1. The van der Waals surface area contributed by atoms with E-state index in [0.717, 1.165) is 24.7 Å². The highest BCUT2D eigenvalue weighted by Gasteiger charge is 2.63. The van der Waals surface area contributed by atoms with E-state index in [1.54, 1.807) is 0 Å². The normalized spacial score (nSPS) is 50.8. The fraction of sp³-hybridized carbons (Fsp3) is 0.941. The summed E-state index contributed by atoms with van der Waals surface area (Å²) >= 11 is 0. The van der Waals surface area contributed by atoms with Crippen LogP contribution in [0.1, 0.15) is 66.2 Å². The summed E-state index contributed by atoms with van der Waals surface area (Å²) in [6.45, 7) is 9.74. The quantitative estimate of drug-likeness (QED) is 0.670. The van der Waals surface area contributed by atoms with Gasteiger partial charge in [0.2, 0.25) is 0 Å². The van der Waals surface area contributed by atoms with Crippen molar-refractivity contribution in [3.8, 4) is 0 Å². The van der Waals surface area contributed by atoms with Gasteiger partial charge in [0.15, 0.2) is 0 Å². The summed E-state index contributed by atoms with van der Waals surface area (Å²) in [4.78, 5) is 12.4. The SMILES string of the molecule is CC1CCC(=O)C([C@@H]2C[C@H]3CC[C@]2(C)C3(C)C)C1. The number of rotatable bonds is 1. The predicted octanol–water partition coefficient (Wildman–Crippen LogP) is 4.45. The molecule has 102 valence electrons. The summed E-state index contributed by atoms with van der Waals surface area (Å²) in [6.07, 6.45) is 7.23. The van der Waals surface area contributed by atoms with Gasteiger partial charge in [-0.25, -0.2) is 0 Å². The number of hydrogen-bond acceptors (Lipinski definition) is 1. The van der Waals surface area contributed by atoms with E-state index in [2.05, 4.69) is 27.7 Å². The largest absolute Gasteiger partial charge is 0.299 e. The number of carbonyl (C=O) groups is 1. The standard InChI is InChI=1S/C17H28O/c1-11-5-6-15(18)13(9-11)14-10-12-7-8-17(14,4)16(12,2)3/h11-14H,5-10H2,1-4H3/t11?,12-,13?,14+,17+/m1/s1. The Morgan fingerprint density at radius 1 is 1.11 bits per heavy atom. The zero-order valence-electron chi connectivity index (χ0n) is 12.5.